The normalized spacial score (nSPS) is 16.5. The Hall–Kier alpha value is -1.52. The highest BCUT2D eigenvalue weighted by Gasteiger charge is 2.22. The highest BCUT2D eigenvalue weighted by atomic mass is 16.5. The van der Waals surface area contributed by atoms with Crippen LogP contribution in [0.25, 0.3) is 0 Å². The van der Waals surface area contributed by atoms with E-state index in [1.807, 2.05) is 13.0 Å². The van der Waals surface area contributed by atoms with Crippen LogP contribution in [-0.2, 0) is 6.54 Å². The van der Waals surface area contributed by atoms with E-state index in [1.165, 1.54) is 12.8 Å². The average molecular weight is 208 g/mol. The molecule has 1 aliphatic carbocycles. The number of nitrogens with one attached hydrogen (secondary N) is 2. The van der Waals surface area contributed by atoms with E-state index in [0.29, 0.717) is 12.6 Å². The van der Waals surface area contributed by atoms with Crippen LogP contribution in [0.5, 0.6) is 0 Å². The summed E-state index contributed by atoms with van der Waals surface area (Å²) in [6.45, 7) is 2.53. The van der Waals surface area contributed by atoms with Crippen LogP contribution in [0.15, 0.2) is 15.6 Å². The second-order valence-electron chi connectivity index (χ2n) is 3.77. The van der Waals surface area contributed by atoms with Crippen LogP contribution < -0.4 is 10.6 Å². The van der Waals surface area contributed by atoms with E-state index in [9.17, 15) is 0 Å². The molecule has 0 bridgehead atoms. The van der Waals surface area contributed by atoms with Crippen molar-refractivity contribution in [3.63, 3.8) is 0 Å². The average Bonchev–Trinajstić information content (AvgIpc) is 2.95. The monoisotopic (exact) mass is 208 g/mol. The summed E-state index contributed by atoms with van der Waals surface area (Å²) in [4.78, 5) is 4.13. The minimum atomic E-state index is 0.607. The van der Waals surface area contributed by atoms with Crippen LogP contribution in [0.3, 0.4) is 0 Å². The van der Waals surface area contributed by atoms with Gasteiger partial charge in [0.25, 0.3) is 0 Å². The zero-order valence-corrected chi connectivity index (χ0v) is 9.08. The maximum Gasteiger partial charge on any atom is 0.191 e. The van der Waals surface area contributed by atoms with Gasteiger partial charge in [-0.3, -0.25) is 4.99 Å². The second kappa shape index (κ2) is 4.33. The first kappa shape index (κ1) is 10.0. The molecule has 1 fully saturated rings. The number of hydrogen-bond donors (Lipinski definition) is 2. The first-order chi connectivity index (χ1) is 7.28. The van der Waals surface area contributed by atoms with Gasteiger partial charge in [-0.05, 0) is 19.8 Å². The number of aromatic nitrogens is 1. The molecule has 0 aliphatic heterocycles. The van der Waals surface area contributed by atoms with Crippen molar-refractivity contribution in [1.29, 1.82) is 0 Å². The summed E-state index contributed by atoms with van der Waals surface area (Å²) in [5, 5.41) is 10.4. The quantitative estimate of drug-likeness (QED) is 0.570. The van der Waals surface area contributed by atoms with Crippen molar-refractivity contribution in [3.8, 4) is 0 Å². The van der Waals surface area contributed by atoms with Crippen LogP contribution in [0.1, 0.15) is 24.3 Å². The fourth-order valence-electron chi connectivity index (χ4n) is 1.29. The van der Waals surface area contributed by atoms with Crippen LogP contribution >= 0.6 is 0 Å². The van der Waals surface area contributed by atoms with E-state index in [2.05, 4.69) is 20.8 Å². The Morgan fingerprint density at radius 2 is 2.47 bits per heavy atom. The third-order valence-electron chi connectivity index (χ3n) is 2.26. The number of rotatable bonds is 3. The summed E-state index contributed by atoms with van der Waals surface area (Å²) < 4.78 is 4.97. The third-order valence-corrected chi connectivity index (χ3v) is 2.26. The van der Waals surface area contributed by atoms with Gasteiger partial charge in [-0.2, -0.15) is 0 Å². The fraction of sp³-hybridized carbons (Fsp3) is 0.600. The predicted octanol–water partition coefficient (Wildman–Crippen LogP) is 0.810. The van der Waals surface area contributed by atoms with Crippen molar-refractivity contribution >= 4 is 5.96 Å². The van der Waals surface area contributed by atoms with Crippen LogP contribution in [0, 0.1) is 6.92 Å². The molecule has 1 aromatic heterocycles. The highest BCUT2D eigenvalue weighted by Crippen LogP contribution is 2.18. The van der Waals surface area contributed by atoms with Gasteiger partial charge in [0.2, 0.25) is 0 Å². The lowest BCUT2D eigenvalue weighted by Gasteiger charge is -2.08. The number of aryl methyl sites for hydroxylation is 1. The zero-order valence-electron chi connectivity index (χ0n) is 9.08. The van der Waals surface area contributed by atoms with Gasteiger partial charge in [-0.15, -0.1) is 0 Å². The maximum atomic E-state index is 4.97. The van der Waals surface area contributed by atoms with Crippen molar-refractivity contribution < 1.29 is 4.52 Å². The number of hydrogen-bond acceptors (Lipinski definition) is 3. The minimum Gasteiger partial charge on any atom is -0.361 e. The van der Waals surface area contributed by atoms with Gasteiger partial charge in [0, 0.05) is 19.2 Å². The van der Waals surface area contributed by atoms with Crippen molar-refractivity contribution in [2.24, 2.45) is 4.99 Å². The summed E-state index contributed by atoms with van der Waals surface area (Å²) in [5.74, 6) is 1.66. The summed E-state index contributed by atoms with van der Waals surface area (Å²) in [6.07, 6.45) is 2.48. The summed E-state index contributed by atoms with van der Waals surface area (Å²) in [7, 11) is 1.77. The van der Waals surface area contributed by atoms with Gasteiger partial charge in [0.1, 0.15) is 11.5 Å². The molecular weight excluding hydrogens is 192 g/mol. The molecule has 1 saturated carbocycles. The Balaban J connectivity index is 1.80. The summed E-state index contributed by atoms with van der Waals surface area (Å²) >= 11 is 0. The predicted molar refractivity (Wildman–Crippen MR) is 57.6 cm³/mol. The highest BCUT2D eigenvalue weighted by molar-refractivity contribution is 5.80. The Morgan fingerprint density at radius 1 is 1.67 bits per heavy atom. The van der Waals surface area contributed by atoms with Crippen molar-refractivity contribution in [3.05, 3.63) is 17.5 Å². The Bertz CT molecular complexity index is 354. The van der Waals surface area contributed by atoms with E-state index in [1.54, 1.807) is 7.05 Å². The van der Waals surface area contributed by atoms with E-state index in [0.717, 1.165) is 17.4 Å². The molecule has 0 spiro atoms. The number of aliphatic imine (C=N–C) groups is 1. The molecule has 5 heteroatoms. The Kier molecular flexibility index (Phi) is 2.89. The van der Waals surface area contributed by atoms with E-state index >= 15 is 0 Å². The molecule has 1 aliphatic rings. The Labute approximate surface area is 88.9 Å². The molecule has 0 atom stereocenters. The lowest BCUT2D eigenvalue weighted by Crippen LogP contribution is -2.38. The summed E-state index contributed by atoms with van der Waals surface area (Å²) in [6, 6.07) is 2.52. The van der Waals surface area contributed by atoms with E-state index < -0.39 is 0 Å². The van der Waals surface area contributed by atoms with Crippen molar-refractivity contribution in [2.75, 3.05) is 7.05 Å². The standard InChI is InChI=1S/C10H16N4O/c1-7-5-9(14-15-7)6-12-10(11-2)13-8-3-4-8/h5,8H,3-4,6H2,1-2H3,(H2,11,12,13). The van der Waals surface area contributed by atoms with E-state index in [4.69, 9.17) is 4.52 Å². The molecule has 82 valence electrons. The molecule has 0 amide bonds. The van der Waals surface area contributed by atoms with Gasteiger partial charge in [-0.1, -0.05) is 5.16 Å². The molecule has 15 heavy (non-hydrogen) atoms. The van der Waals surface area contributed by atoms with Crippen LogP contribution in [0.4, 0.5) is 0 Å². The second-order valence-corrected chi connectivity index (χ2v) is 3.77. The molecule has 0 aromatic carbocycles. The molecular formula is C10H16N4O. The molecule has 0 unspecified atom stereocenters. The lowest BCUT2D eigenvalue weighted by molar-refractivity contribution is 0.390. The van der Waals surface area contributed by atoms with Gasteiger partial charge in [0.15, 0.2) is 5.96 Å². The molecule has 0 saturated heterocycles. The van der Waals surface area contributed by atoms with Crippen LogP contribution in [-0.4, -0.2) is 24.2 Å². The number of guanidine groups is 1. The molecule has 2 N–H and O–H groups in total. The zero-order chi connectivity index (χ0) is 10.7. The smallest absolute Gasteiger partial charge is 0.191 e. The minimum absolute atomic E-state index is 0.607. The topological polar surface area (TPSA) is 62.5 Å². The van der Waals surface area contributed by atoms with Gasteiger partial charge in [0.05, 0.1) is 6.54 Å². The van der Waals surface area contributed by atoms with Gasteiger partial charge >= 0.3 is 0 Å². The van der Waals surface area contributed by atoms with Gasteiger partial charge < -0.3 is 15.2 Å². The van der Waals surface area contributed by atoms with Crippen LogP contribution in [0.2, 0.25) is 0 Å². The lowest BCUT2D eigenvalue weighted by atomic mass is 10.4. The largest absolute Gasteiger partial charge is 0.361 e. The molecule has 1 heterocycles. The van der Waals surface area contributed by atoms with Crippen molar-refractivity contribution in [1.82, 2.24) is 15.8 Å². The maximum absolute atomic E-state index is 4.97. The van der Waals surface area contributed by atoms with Gasteiger partial charge in [-0.25, -0.2) is 0 Å². The molecule has 1 aromatic rings. The SMILES string of the molecule is CN=C(NCc1cc(C)on1)NC1CC1. The first-order valence-corrected chi connectivity index (χ1v) is 5.17. The third kappa shape index (κ3) is 2.97. The molecule has 5 nitrogen and oxygen atoms in total. The fourth-order valence-corrected chi connectivity index (χ4v) is 1.29. The molecule has 2 rings (SSSR count). The number of nitrogens with zero attached hydrogens (tertiary/aromatic N) is 2. The Morgan fingerprint density at radius 3 is 3.00 bits per heavy atom. The van der Waals surface area contributed by atoms with Crippen molar-refractivity contribution in [2.45, 2.75) is 32.4 Å². The summed E-state index contributed by atoms with van der Waals surface area (Å²) in [5.41, 5.74) is 0.895. The molecule has 0 radical (unpaired) electrons. The van der Waals surface area contributed by atoms with E-state index in [-0.39, 0.29) is 0 Å². The first-order valence-electron chi connectivity index (χ1n) is 5.17.